The van der Waals surface area contributed by atoms with Crippen molar-refractivity contribution in [2.24, 2.45) is 0 Å². The fourth-order valence-electron chi connectivity index (χ4n) is 1.56. The van der Waals surface area contributed by atoms with Crippen molar-refractivity contribution in [3.8, 4) is 23.7 Å². The molecule has 86 valence electrons. The second-order valence-corrected chi connectivity index (χ2v) is 3.94. The van der Waals surface area contributed by atoms with Crippen LogP contribution >= 0.6 is 0 Å². The number of hydrogen-bond donors (Lipinski definition) is 1. The molecule has 0 saturated heterocycles. The number of phenols is 1. The molecule has 2 rings (SSSR count). The summed E-state index contributed by atoms with van der Waals surface area (Å²) >= 11 is 0. The number of nitrogens with zero attached hydrogens (tertiary/aromatic N) is 1. The second-order valence-electron chi connectivity index (χ2n) is 3.94. The Bertz CT molecular complexity index is 667. The highest BCUT2D eigenvalue weighted by molar-refractivity contribution is 5.49. The molecule has 0 atom stereocenters. The molecule has 0 spiro atoms. The molecule has 0 unspecified atom stereocenters. The van der Waals surface area contributed by atoms with Gasteiger partial charge in [-0.3, -0.25) is 0 Å². The Labute approximate surface area is 106 Å². The molecule has 2 heteroatoms. The Morgan fingerprint density at radius 1 is 0.944 bits per heavy atom. The molecule has 2 aromatic rings. The molecule has 0 radical (unpaired) electrons. The minimum absolute atomic E-state index is 0.232. The smallest absolute Gasteiger partial charge is 0.115 e. The normalized spacial score (nSPS) is 9.11. The molecule has 0 fully saturated rings. The fraction of sp³-hybridized carbons (Fsp3) is 0.0625. The molecular formula is C16H11NO. The van der Waals surface area contributed by atoms with Crippen LogP contribution in [0.25, 0.3) is 0 Å². The molecule has 2 aromatic carbocycles. The predicted octanol–water partition coefficient (Wildman–Crippen LogP) is 2.97. The maximum absolute atomic E-state index is 9.16. The highest BCUT2D eigenvalue weighted by Gasteiger charge is 1.96. The van der Waals surface area contributed by atoms with Crippen LogP contribution in [0, 0.1) is 30.1 Å². The largest absolute Gasteiger partial charge is 0.508 e. The van der Waals surface area contributed by atoms with Gasteiger partial charge in [0.15, 0.2) is 0 Å². The van der Waals surface area contributed by atoms with Crippen molar-refractivity contribution < 1.29 is 5.11 Å². The molecular weight excluding hydrogens is 222 g/mol. The fourth-order valence-corrected chi connectivity index (χ4v) is 1.56. The third-order valence-corrected chi connectivity index (χ3v) is 2.56. The van der Waals surface area contributed by atoms with Gasteiger partial charge in [0.25, 0.3) is 0 Å². The van der Waals surface area contributed by atoms with Crippen LogP contribution in [0.5, 0.6) is 5.75 Å². The topological polar surface area (TPSA) is 44.0 Å². The van der Waals surface area contributed by atoms with Crippen molar-refractivity contribution in [2.45, 2.75) is 6.92 Å². The average Bonchev–Trinajstić information content (AvgIpc) is 2.39. The van der Waals surface area contributed by atoms with E-state index in [0.29, 0.717) is 5.56 Å². The number of nitriles is 1. The predicted molar refractivity (Wildman–Crippen MR) is 70.0 cm³/mol. The van der Waals surface area contributed by atoms with E-state index in [1.165, 1.54) is 0 Å². The molecule has 0 aliphatic carbocycles. The number of aromatic hydroxyl groups is 1. The van der Waals surface area contributed by atoms with E-state index in [1.54, 1.807) is 30.3 Å². The lowest BCUT2D eigenvalue weighted by Crippen LogP contribution is -1.84. The first-order chi connectivity index (χ1) is 8.69. The summed E-state index contributed by atoms with van der Waals surface area (Å²) in [6, 6.07) is 14.3. The molecule has 2 nitrogen and oxygen atoms in total. The summed E-state index contributed by atoms with van der Waals surface area (Å²) in [5.74, 6) is 6.31. The van der Waals surface area contributed by atoms with Crippen LogP contribution in [0.4, 0.5) is 0 Å². The maximum atomic E-state index is 9.16. The first-order valence-electron chi connectivity index (χ1n) is 5.51. The molecule has 0 amide bonds. The van der Waals surface area contributed by atoms with Gasteiger partial charge in [-0.2, -0.15) is 5.26 Å². The molecule has 0 saturated carbocycles. The highest BCUT2D eigenvalue weighted by atomic mass is 16.3. The summed E-state index contributed by atoms with van der Waals surface area (Å²) in [7, 11) is 0. The summed E-state index contributed by atoms with van der Waals surface area (Å²) < 4.78 is 0. The van der Waals surface area contributed by atoms with Crippen LogP contribution in [0.15, 0.2) is 42.5 Å². The van der Waals surface area contributed by atoms with Gasteiger partial charge in [-0.05, 0) is 55.0 Å². The summed E-state index contributed by atoms with van der Waals surface area (Å²) in [6.07, 6.45) is 0. The number of phenolic OH excluding ortho intramolecular Hbond substituents is 1. The Morgan fingerprint density at radius 3 is 2.22 bits per heavy atom. The lowest BCUT2D eigenvalue weighted by molar-refractivity contribution is 0.475. The van der Waals surface area contributed by atoms with Gasteiger partial charge in [0, 0.05) is 11.1 Å². The third kappa shape index (κ3) is 2.70. The van der Waals surface area contributed by atoms with E-state index in [4.69, 9.17) is 10.4 Å². The minimum atomic E-state index is 0.232. The number of rotatable bonds is 0. The van der Waals surface area contributed by atoms with Gasteiger partial charge in [0.1, 0.15) is 5.75 Å². The maximum Gasteiger partial charge on any atom is 0.115 e. The van der Waals surface area contributed by atoms with Gasteiger partial charge in [0.2, 0.25) is 0 Å². The SMILES string of the molecule is Cc1cc(C#N)ccc1C#Cc1ccc(O)cc1. The molecule has 0 aromatic heterocycles. The van der Waals surface area contributed by atoms with E-state index in [9.17, 15) is 0 Å². The minimum Gasteiger partial charge on any atom is -0.508 e. The van der Waals surface area contributed by atoms with Crippen molar-refractivity contribution in [2.75, 3.05) is 0 Å². The zero-order valence-electron chi connectivity index (χ0n) is 9.94. The lowest BCUT2D eigenvalue weighted by atomic mass is 10.1. The second kappa shape index (κ2) is 5.08. The van der Waals surface area contributed by atoms with E-state index in [1.807, 2.05) is 19.1 Å². The molecule has 1 N–H and O–H groups in total. The molecule has 0 aliphatic rings. The van der Waals surface area contributed by atoms with E-state index < -0.39 is 0 Å². The van der Waals surface area contributed by atoms with E-state index in [0.717, 1.165) is 16.7 Å². The zero-order chi connectivity index (χ0) is 13.0. The zero-order valence-corrected chi connectivity index (χ0v) is 9.94. The first kappa shape index (κ1) is 11.8. The quantitative estimate of drug-likeness (QED) is 0.711. The van der Waals surface area contributed by atoms with Gasteiger partial charge in [-0.25, -0.2) is 0 Å². The first-order valence-corrected chi connectivity index (χ1v) is 5.51. The van der Waals surface area contributed by atoms with Crippen molar-refractivity contribution in [3.05, 3.63) is 64.7 Å². The molecule has 0 heterocycles. The monoisotopic (exact) mass is 233 g/mol. The van der Waals surface area contributed by atoms with Crippen LogP contribution in [-0.4, -0.2) is 5.11 Å². The molecule has 18 heavy (non-hydrogen) atoms. The van der Waals surface area contributed by atoms with Crippen molar-refractivity contribution >= 4 is 0 Å². The number of benzene rings is 2. The third-order valence-electron chi connectivity index (χ3n) is 2.56. The van der Waals surface area contributed by atoms with Crippen LogP contribution in [0.1, 0.15) is 22.3 Å². The Morgan fingerprint density at radius 2 is 1.61 bits per heavy atom. The summed E-state index contributed by atoms with van der Waals surface area (Å²) in [5.41, 5.74) is 3.38. The van der Waals surface area contributed by atoms with Crippen LogP contribution in [-0.2, 0) is 0 Å². The Balaban J connectivity index is 2.30. The number of hydrogen-bond acceptors (Lipinski definition) is 2. The van der Waals surface area contributed by atoms with Crippen molar-refractivity contribution in [1.82, 2.24) is 0 Å². The average molecular weight is 233 g/mol. The molecule has 0 aliphatic heterocycles. The summed E-state index contributed by atoms with van der Waals surface area (Å²) in [4.78, 5) is 0. The van der Waals surface area contributed by atoms with Crippen LogP contribution in [0.2, 0.25) is 0 Å². The van der Waals surface area contributed by atoms with E-state index in [2.05, 4.69) is 17.9 Å². The number of aryl methyl sites for hydroxylation is 1. The van der Waals surface area contributed by atoms with Gasteiger partial charge in [0.05, 0.1) is 11.6 Å². The molecule has 0 bridgehead atoms. The van der Waals surface area contributed by atoms with E-state index >= 15 is 0 Å². The summed E-state index contributed by atoms with van der Waals surface area (Å²) in [5, 5.41) is 17.9. The summed E-state index contributed by atoms with van der Waals surface area (Å²) in [6.45, 7) is 1.93. The lowest BCUT2D eigenvalue weighted by Gasteiger charge is -1.97. The Hall–Kier alpha value is -2.71. The van der Waals surface area contributed by atoms with Gasteiger partial charge < -0.3 is 5.11 Å². The van der Waals surface area contributed by atoms with Crippen molar-refractivity contribution in [1.29, 1.82) is 5.26 Å². The van der Waals surface area contributed by atoms with Gasteiger partial charge >= 0.3 is 0 Å². The standard InChI is InChI=1S/C16H11NO/c1-12-10-14(11-17)3-7-15(12)6-2-13-4-8-16(18)9-5-13/h3-5,7-10,18H,1H3. The highest BCUT2D eigenvalue weighted by Crippen LogP contribution is 2.11. The Kier molecular flexibility index (Phi) is 3.32. The van der Waals surface area contributed by atoms with Gasteiger partial charge in [-0.1, -0.05) is 11.8 Å². The van der Waals surface area contributed by atoms with Gasteiger partial charge in [-0.15, -0.1) is 0 Å². The van der Waals surface area contributed by atoms with Crippen LogP contribution in [0.3, 0.4) is 0 Å². The van der Waals surface area contributed by atoms with Crippen molar-refractivity contribution in [3.63, 3.8) is 0 Å². The van der Waals surface area contributed by atoms with E-state index in [-0.39, 0.29) is 5.75 Å². The van der Waals surface area contributed by atoms with Crippen LogP contribution < -0.4 is 0 Å².